The fraction of sp³-hybridized carbons (Fsp3) is 0.176. The molecule has 0 radical (unpaired) electrons. The van der Waals surface area contributed by atoms with Gasteiger partial charge in [0.15, 0.2) is 0 Å². The summed E-state index contributed by atoms with van der Waals surface area (Å²) in [4.78, 5) is 15.9. The summed E-state index contributed by atoms with van der Waals surface area (Å²) < 4.78 is 39.2. The molecule has 2 aromatic carbocycles. The number of halogens is 3. The summed E-state index contributed by atoms with van der Waals surface area (Å²) in [5.41, 5.74) is 2.95. The average Bonchev–Trinajstić information content (AvgIpc) is 2.88. The molecule has 1 aliphatic rings. The highest BCUT2D eigenvalue weighted by Gasteiger charge is 2.33. The number of carbonyl (C=O) groups is 1. The van der Waals surface area contributed by atoms with E-state index >= 15 is 0 Å². The highest BCUT2D eigenvalue weighted by molar-refractivity contribution is 6.15. The van der Waals surface area contributed by atoms with Crippen molar-refractivity contribution in [2.24, 2.45) is 4.99 Å². The number of fused-ring (bicyclic) bond motifs is 1. The van der Waals surface area contributed by atoms with E-state index in [4.69, 9.17) is 0 Å². The molecule has 2 nitrogen and oxygen atoms in total. The minimum Gasteiger partial charge on any atom is -0.287 e. The Bertz CT molecular complexity index is 773. The summed E-state index contributed by atoms with van der Waals surface area (Å²) in [6.07, 6.45) is 0. The number of carbonyl (C=O) groups excluding carboxylic acids is 1. The normalized spacial score (nSPS) is 13.7. The summed E-state index contributed by atoms with van der Waals surface area (Å²) in [7, 11) is 0. The first-order valence-corrected chi connectivity index (χ1v) is 6.72. The van der Waals surface area contributed by atoms with Crippen molar-refractivity contribution < 1.29 is 18.0 Å². The molecule has 0 bridgehead atoms. The van der Waals surface area contributed by atoms with Crippen molar-refractivity contribution in [2.45, 2.75) is 19.4 Å². The Morgan fingerprint density at radius 3 is 2.45 bits per heavy atom. The van der Waals surface area contributed by atoms with Crippen LogP contribution < -0.4 is 0 Å². The van der Waals surface area contributed by atoms with Crippen molar-refractivity contribution in [1.29, 1.82) is 0 Å². The summed E-state index contributed by atoms with van der Waals surface area (Å²) >= 11 is 0. The first kappa shape index (κ1) is 14.5. The van der Waals surface area contributed by atoms with Gasteiger partial charge in [0.2, 0.25) is 5.78 Å². The van der Waals surface area contributed by atoms with Gasteiger partial charge in [-0.2, -0.15) is 8.78 Å². The monoisotopic (exact) mass is 303 g/mol. The molecule has 0 atom stereocenters. The van der Waals surface area contributed by atoms with Crippen LogP contribution in [-0.2, 0) is 6.54 Å². The maximum absolute atomic E-state index is 13.2. The first-order valence-electron chi connectivity index (χ1n) is 6.72. The number of aliphatic imine (C=N–C) groups is 1. The Kier molecular flexibility index (Phi) is 3.35. The first-order chi connectivity index (χ1) is 10.4. The lowest BCUT2D eigenvalue weighted by molar-refractivity contribution is 0.0221. The van der Waals surface area contributed by atoms with Crippen molar-refractivity contribution in [3.8, 4) is 0 Å². The van der Waals surface area contributed by atoms with E-state index in [1.807, 2.05) is 0 Å². The number of Topliss-reactive ketones (excluding diaryl/α,β-unsaturated/α-hetero) is 1. The van der Waals surface area contributed by atoms with E-state index in [1.165, 1.54) is 24.3 Å². The molecular formula is C17H12F3NO. The molecule has 112 valence electrons. The Balaban J connectivity index is 1.91. The number of rotatable bonds is 3. The Labute approximate surface area is 125 Å². The van der Waals surface area contributed by atoms with Gasteiger partial charge < -0.3 is 0 Å². The van der Waals surface area contributed by atoms with E-state index in [0.717, 1.165) is 11.1 Å². The molecule has 0 fully saturated rings. The molecule has 0 saturated carbocycles. The van der Waals surface area contributed by atoms with Crippen LogP contribution in [0.4, 0.5) is 13.2 Å². The van der Waals surface area contributed by atoms with Crippen LogP contribution in [-0.4, -0.2) is 17.4 Å². The van der Waals surface area contributed by atoms with Crippen molar-refractivity contribution in [3.63, 3.8) is 0 Å². The van der Waals surface area contributed by atoms with Gasteiger partial charge in [0.1, 0.15) is 5.82 Å². The molecule has 2 aromatic rings. The van der Waals surface area contributed by atoms with Crippen LogP contribution in [0.3, 0.4) is 0 Å². The average molecular weight is 303 g/mol. The third-order valence-corrected chi connectivity index (χ3v) is 3.55. The second kappa shape index (κ2) is 5.09. The quantitative estimate of drug-likeness (QED) is 0.788. The topological polar surface area (TPSA) is 29.4 Å². The Morgan fingerprint density at radius 1 is 1.14 bits per heavy atom. The number of hydrogen-bond donors (Lipinski definition) is 0. The maximum atomic E-state index is 13.2. The molecule has 0 aromatic heterocycles. The van der Waals surface area contributed by atoms with Crippen LogP contribution >= 0.6 is 0 Å². The van der Waals surface area contributed by atoms with Gasteiger partial charge in [-0.05, 0) is 23.8 Å². The zero-order valence-electron chi connectivity index (χ0n) is 11.7. The van der Waals surface area contributed by atoms with Crippen LogP contribution in [0.1, 0.15) is 34.0 Å². The van der Waals surface area contributed by atoms with Crippen LogP contribution in [0.5, 0.6) is 0 Å². The van der Waals surface area contributed by atoms with Gasteiger partial charge in [-0.25, -0.2) is 4.39 Å². The summed E-state index contributed by atoms with van der Waals surface area (Å²) in [6, 6.07) is 10.3. The van der Waals surface area contributed by atoms with Crippen LogP contribution in [0.15, 0.2) is 47.5 Å². The van der Waals surface area contributed by atoms with Gasteiger partial charge >= 0.3 is 5.92 Å². The summed E-state index contributed by atoms with van der Waals surface area (Å²) in [5, 5.41) is 0. The fourth-order valence-corrected chi connectivity index (χ4v) is 2.45. The minimum absolute atomic E-state index is 0.0471. The fourth-order valence-electron chi connectivity index (χ4n) is 2.45. The molecule has 0 aliphatic carbocycles. The number of benzene rings is 2. The SMILES string of the molecule is CC(F)(F)C(=O)c1ccc(C2=NCc3cc(F)ccc32)cc1. The van der Waals surface area contributed by atoms with Gasteiger partial charge in [-0.1, -0.05) is 24.3 Å². The standard InChI is InChI=1S/C17H12F3NO/c1-17(19,20)16(22)11-4-2-10(3-5-11)15-14-7-6-13(18)8-12(14)9-21-15/h2-8H,9H2,1H3. The number of ketones is 1. The van der Waals surface area contributed by atoms with Gasteiger partial charge in [0.25, 0.3) is 0 Å². The van der Waals surface area contributed by atoms with Crippen LogP contribution in [0, 0.1) is 5.82 Å². The summed E-state index contributed by atoms with van der Waals surface area (Å²) in [6.45, 7) is 0.964. The molecule has 22 heavy (non-hydrogen) atoms. The molecule has 0 saturated heterocycles. The number of nitrogens with zero attached hydrogens (tertiary/aromatic N) is 1. The van der Waals surface area contributed by atoms with E-state index in [1.54, 1.807) is 18.2 Å². The van der Waals surface area contributed by atoms with E-state index in [2.05, 4.69) is 4.99 Å². The summed E-state index contributed by atoms with van der Waals surface area (Å²) in [5.74, 6) is -4.92. The second-order valence-corrected chi connectivity index (χ2v) is 5.26. The van der Waals surface area contributed by atoms with Crippen molar-refractivity contribution in [1.82, 2.24) is 0 Å². The van der Waals surface area contributed by atoms with E-state index in [0.29, 0.717) is 24.7 Å². The molecular weight excluding hydrogens is 291 g/mol. The molecule has 1 aliphatic heterocycles. The number of alkyl halides is 2. The van der Waals surface area contributed by atoms with Crippen molar-refractivity contribution in [2.75, 3.05) is 0 Å². The highest BCUT2D eigenvalue weighted by atomic mass is 19.3. The lowest BCUT2D eigenvalue weighted by atomic mass is 9.98. The molecule has 0 unspecified atom stereocenters. The van der Waals surface area contributed by atoms with Crippen LogP contribution in [0.2, 0.25) is 0 Å². The minimum atomic E-state index is -3.39. The predicted molar refractivity (Wildman–Crippen MR) is 77.1 cm³/mol. The molecule has 3 rings (SSSR count). The Hall–Kier alpha value is -2.43. The Morgan fingerprint density at radius 2 is 1.82 bits per heavy atom. The van der Waals surface area contributed by atoms with Crippen molar-refractivity contribution in [3.05, 3.63) is 70.5 Å². The van der Waals surface area contributed by atoms with E-state index < -0.39 is 11.7 Å². The zero-order valence-corrected chi connectivity index (χ0v) is 11.7. The third-order valence-electron chi connectivity index (χ3n) is 3.55. The van der Waals surface area contributed by atoms with Crippen LogP contribution in [0.25, 0.3) is 0 Å². The van der Waals surface area contributed by atoms with E-state index in [-0.39, 0.29) is 11.4 Å². The van der Waals surface area contributed by atoms with Gasteiger partial charge in [0, 0.05) is 23.6 Å². The highest BCUT2D eigenvalue weighted by Crippen LogP contribution is 2.25. The van der Waals surface area contributed by atoms with E-state index in [9.17, 15) is 18.0 Å². The lowest BCUT2D eigenvalue weighted by Gasteiger charge is -2.09. The molecule has 0 N–H and O–H groups in total. The molecule has 0 spiro atoms. The van der Waals surface area contributed by atoms with Gasteiger partial charge in [0.05, 0.1) is 12.3 Å². The third kappa shape index (κ3) is 2.54. The molecule has 5 heteroatoms. The zero-order chi connectivity index (χ0) is 15.9. The maximum Gasteiger partial charge on any atom is 0.307 e. The number of hydrogen-bond acceptors (Lipinski definition) is 2. The largest absolute Gasteiger partial charge is 0.307 e. The molecule has 0 amide bonds. The predicted octanol–water partition coefficient (Wildman–Crippen LogP) is 4.01. The van der Waals surface area contributed by atoms with Crippen molar-refractivity contribution >= 4 is 11.5 Å². The second-order valence-electron chi connectivity index (χ2n) is 5.26. The molecule has 1 heterocycles. The lowest BCUT2D eigenvalue weighted by Crippen LogP contribution is -2.24. The smallest absolute Gasteiger partial charge is 0.287 e. The van der Waals surface area contributed by atoms with Gasteiger partial charge in [-0.15, -0.1) is 0 Å². The van der Waals surface area contributed by atoms with Gasteiger partial charge in [-0.3, -0.25) is 9.79 Å².